The highest BCUT2D eigenvalue weighted by Gasteiger charge is 2.32. The first kappa shape index (κ1) is 25.5. The second kappa shape index (κ2) is 10.5. The van der Waals surface area contributed by atoms with Crippen LogP contribution >= 0.6 is 11.6 Å². The number of benzene rings is 3. The molecule has 1 N–H and O–H groups in total. The van der Waals surface area contributed by atoms with Crippen LogP contribution in [-0.4, -0.2) is 41.8 Å². The zero-order valence-corrected chi connectivity index (χ0v) is 20.7. The highest BCUT2D eigenvalue weighted by Crippen LogP contribution is 2.47. The van der Waals surface area contributed by atoms with Crippen LogP contribution in [0.4, 0.5) is 11.4 Å². The zero-order valence-electron chi connectivity index (χ0n) is 20.0. The highest BCUT2D eigenvalue weighted by molar-refractivity contribution is 6.31. The van der Waals surface area contributed by atoms with E-state index in [2.05, 4.69) is 10.2 Å². The van der Waals surface area contributed by atoms with E-state index < -0.39 is 22.1 Å². The van der Waals surface area contributed by atoms with E-state index in [0.29, 0.717) is 15.9 Å². The first-order valence-electron chi connectivity index (χ1n) is 10.8. The molecule has 0 bridgehead atoms. The average molecular weight is 525 g/mol. The Hall–Kier alpha value is -4.64. The maximum atomic E-state index is 13.0. The Balaban J connectivity index is 1.81. The van der Waals surface area contributed by atoms with Gasteiger partial charge in [0.1, 0.15) is 5.56 Å². The van der Waals surface area contributed by atoms with E-state index in [1.165, 1.54) is 21.3 Å². The lowest BCUT2D eigenvalue weighted by Crippen LogP contribution is -2.06. The Kier molecular flexibility index (Phi) is 7.25. The summed E-state index contributed by atoms with van der Waals surface area (Å²) in [4.78, 5) is 24.1. The van der Waals surface area contributed by atoms with Gasteiger partial charge in [-0.25, -0.2) is 0 Å². The number of nitrogens with zero attached hydrogens (tertiary/aromatic N) is 4. The Morgan fingerprint density at radius 1 is 1.05 bits per heavy atom. The summed E-state index contributed by atoms with van der Waals surface area (Å²) in [5.74, 6) is -1.62. The van der Waals surface area contributed by atoms with Crippen molar-refractivity contribution in [2.75, 3.05) is 21.3 Å². The number of amides is 1. The third kappa shape index (κ3) is 4.64. The number of para-hydroxylation sites is 1. The quantitative estimate of drug-likeness (QED) is 0.172. The maximum Gasteiger partial charge on any atom is 0.328 e. The molecule has 1 amide bonds. The SMILES string of the molecule is COc1cc(C(=O)N=Nc2c(O)n(Cc3ccccc3Cl)c3ccccc23)c([N+](=O)[O-])c(OC)c1OC. The minimum Gasteiger partial charge on any atom is -0.493 e. The summed E-state index contributed by atoms with van der Waals surface area (Å²) in [5, 5.41) is 31.6. The minimum atomic E-state index is -1.05. The molecular formula is C25H21ClN4O7. The van der Waals surface area contributed by atoms with Gasteiger partial charge in [0.2, 0.25) is 17.4 Å². The predicted octanol–water partition coefficient (Wildman–Crippen LogP) is 5.91. The third-order valence-electron chi connectivity index (χ3n) is 5.66. The van der Waals surface area contributed by atoms with E-state index in [4.69, 9.17) is 25.8 Å². The second-order valence-electron chi connectivity index (χ2n) is 7.67. The average Bonchev–Trinajstić information content (AvgIpc) is 3.17. The van der Waals surface area contributed by atoms with Gasteiger partial charge in [0.15, 0.2) is 11.4 Å². The number of hydrogen-bond donors (Lipinski definition) is 1. The fourth-order valence-electron chi connectivity index (χ4n) is 3.96. The van der Waals surface area contributed by atoms with Crippen LogP contribution in [0.25, 0.3) is 10.9 Å². The Labute approximate surface area is 215 Å². The molecule has 3 aromatic carbocycles. The molecule has 0 unspecified atom stereocenters. The number of aromatic nitrogens is 1. The fraction of sp³-hybridized carbons (Fsp3) is 0.160. The van der Waals surface area contributed by atoms with Crippen LogP contribution in [0, 0.1) is 10.1 Å². The molecular weight excluding hydrogens is 504 g/mol. The number of nitro groups is 1. The van der Waals surface area contributed by atoms with Crippen LogP contribution in [0.5, 0.6) is 23.1 Å². The van der Waals surface area contributed by atoms with Crippen molar-refractivity contribution < 1.29 is 29.0 Å². The van der Waals surface area contributed by atoms with Crippen LogP contribution in [-0.2, 0) is 6.54 Å². The first-order chi connectivity index (χ1) is 17.8. The fourth-order valence-corrected chi connectivity index (χ4v) is 4.16. The Morgan fingerprint density at radius 3 is 2.38 bits per heavy atom. The molecule has 11 nitrogen and oxygen atoms in total. The molecule has 0 fully saturated rings. The summed E-state index contributed by atoms with van der Waals surface area (Å²) >= 11 is 6.30. The van der Waals surface area contributed by atoms with Gasteiger partial charge in [-0.2, -0.15) is 0 Å². The lowest BCUT2D eigenvalue weighted by molar-refractivity contribution is -0.386. The number of methoxy groups -OCH3 is 3. The number of fused-ring (bicyclic) bond motifs is 1. The number of ether oxygens (including phenoxy) is 3. The molecule has 0 atom stereocenters. The van der Waals surface area contributed by atoms with Crippen molar-refractivity contribution in [3.63, 3.8) is 0 Å². The maximum absolute atomic E-state index is 13.0. The largest absolute Gasteiger partial charge is 0.493 e. The highest BCUT2D eigenvalue weighted by atomic mass is 35.5. The van der Waals surface area contributed by atoms with E-state index in [0.717, 1.165) is 11.6 Å². The summed E-state index contributed by atoms with van der Waals surface area (Å²) in [6.45, 7) is 0.230. The number of carbonyl (C=O) groups is 1. The number of hydrogen-bond acceptors (Lipinski definition) is 8. The molecule has 190 valence electrons. The summed E-state index contributed by atoms with van der Waals surface area (Å²) in [6.07, 6.45) is 0. The predicted molar refractivity (Wildman–Crippen MR) is 136 cm³/mol. The van der Waals surface area contributed by atoms with Gasteiger partial charge in [-0.05, 0) is 17.7 Å². The van der Waals surface area contributed by atoms with Gasteiger partial charge in [-0.3, -0.25) is 14.9 Å². The molecule has 4 rings (SSSR count). The number of rotatable bonds is 8. The molecule has 0 radical (unpaired) electrons. The van der Waals surface area contributed by atoms with Gasteiger partial charge >= 0.3 is 11.6 Å². The Bertz CT molecular complexity index is 1550. The second-order valence-corrected chi connectivity index (χ2v) is 8.08. The van der Waals surface area contributed by atoms with Crippen LogP contribution in [0.15, 0.2) is 64.8 Å². The standard InChI is InChI=1S/C25H21ClN4O7/c1-35-19-12-16(21(30(33)34)23(37-3)22(19)36-2)24(31)28-27-20-15-9-5-7-11-18(15)29(25(20)32)13-14-8-4-6-10-17(14)26/h4-12,32H,13H2,1-3H3. The van der Waals surface area contributed by atoms with Crippen molar-refractivity contribution in [1.82, 2.24) is 4.57 Å². The van der Waals surface area contributed by atoms with Crippen LogP contribution in [0.2, 0.25) is 5.02 Å². The molecule has 1 heterocycles. The van der Waals surface area contributed by atoms with Crippen molar-refractivity contribution in [1.29, 1.82) is 0 Å². The molecule has 1 aromatic heterocycles. The lowest BCUT2D eigenvalue weighted by atomic mass is 10.1. The first-order valence-corrected chi connectivity index (χ1v) is 11.2. The van der Waals surface area contributed by atoms with Crippen LogP contribution in [0.3, 0.4) is 0 Å². The molecule has 0 saturated carbocycles. The van der Waals surface area contributed by atoms with E-state index in [1.54, 1.807) is 41.0 Å². The number of nitro benzene ring substituents is 1. The van der Waals surface area contributed by atoms with E-state index in [9.17, 15) is 20.0 Å². The molecule has 0 aliphatic rings. The van der Waals surface area contributed by atoms with Gasteiger partial charge < -0.3 is 23.9 Å². The minimum absolute atomic E-state index is 0.0195. The van der Waals surface area contributed by atoms with Gasteiger partial charge in [0.05, 0.1) is 38.3 Å². The molecule has 37 heavy (non-hydrogen) atoms. The lowest BCUT2D eigenvalue weighted by Gasteiger charge is -2.13. The van der Waals surface area contributed by atoms with Crippen molar-refractivity contribution in [2.24, 2.45) is 10.2 Å². The van der Waals surface area contributed by atoms with Crippen molar-refractivity contribution in [2.45, 2.75) is 6.54 Å². The van der Waals surface area contributed by atoms with Crippen molar-refractivity contribution in [3.05, 3.63) is 80.9 Å². The number of aromatic hydroxyl groups is 1. The number of azo groups is 1. The van der Waals surface area contributed by atoms with E-state index >= 15 is 0 Å². The molecule has 4 aromatic rings. The molecule has 12 heteroatoms. The normalized spacial score (nSPS) is 11.1. The van der Waals surface area contributed by atoms with Gasteiger partial charge in [0, 0.05) is 16.5 Å². The molecule has 0 aliphatic heterocycles. The molecule has 0 aliphatic carbocycles. The van der Waals surface area contributed by atoms with E-state index in [1.807, 2.05) is 12.1 Å². The van der Waals surface area contributed by atoms with Crippen molar-refractivity contribution in [3.8, 4) is 23.1 Å². The summed E-state index contributed by atoms with van der Waals surface area (Å²) in [5.41, 5.74) is 0.316. The van der Waals surface area contributed by atoms with Gasteiger partial charge in [-0.1, -0.05) is 48.0 Å². The molecule has 0 saturated heterocycles. The zero-order chi connectivity index (χ0) is 26.7. The van der Waals surface area contributed by atoms with Crippen LogP contribution < -0.4 is 14.2 Å². The van der Waals surface area contributed by atoms with E-state index in [-0.39, 0.29) is 35.4 Å². The van der Waals surface area contributed by atoms with Gasteiger partial charge in [-0.15, -0.1) is 10.2 Å². The summed E-state index contributed by atoms with van der Waals surface area (Å²) in [7, 11) is 3.79. The summed E-state index contributed by atoms with van der Waals surface area (Å²) in [6, 6.07) is 15.3. The number of halogens is 1. The van der Waals surface area contributed by atoms with Gasteiger partial charge in [0.25, 0.3) is 0 Å². The van der Waals surface area contributed by atoms with Crippen molar-refractivity contribution >= 4 is 39.8 Å². The Morgan fingerprint density at radius 2 is 1.73 bits per heavy atom. The topological polar surface area (TPSA) is 138 Å². The molecule has 0 spiro atoms. The monoisotopic (exact) mass is 524 g/mol. The smallest absolute Gasteiger partial charge is 0.328 e. The van der Waals surface area contributed by atoms with Crippen LogP contribution in [0.1, 0.15) is 15.9 Å². The summed E-state index contributed by atoms with van der Waals surface area (Å²) < 4.78 is 17.1. The third-order valence-corrected chi connectivity index (χ3v) is 6.03. The number of carbonyl (C=O) groups excluding carboxylic acids is 1.